The number of alkyl halides is 3. The van der Waals surface area contributed by atoms with Crippen LogP contribution in [-0.2, 0) is 4.79 Å². The smallest absolute Gasteiger partial charge is 0.379 e. The minimum Gasteiger partial charge on any atom is -0.379 e. The summed E-state index contributed by atoms with van der Waals surface area (Å²) in [5.74, 6) is 0.158. The maximum atomic E-state index is 12.9. The second kappa shape index (κ2) is 5.37. The lowest BCUT2D eigenvalue weighted by atomic mass is 9.65. The number of fused-ring (bicyclic) bond motifs is 2. The zero-order chi connectivity index (χ0) is 16.1. The second-order valence-corrected chi connectivity index (χ2v) is 7.24. The molecule has 0 radical (unpaired) electrons. The zero-order valence-electron chi connectivity index (χ0n) is 12.5. The van der Waals surface area contributed by atoms with E-state index in [9.17, 15) is 23.1 Å². The van der Waals surface area contributed by atoms with Gasteiger partial charge in [0, 0.05) is 24.9 Å². The van der Waals surface area contributed by atoms with Crippen molar-refractivity contribution < 1.29 is 23.1 Å². The summed E-state index contributed by atoms with van der Waals surface area (Å²) in [4.78, 5) is 13.8. The van der Waals surface area contributed by atoms with E-state index in [1.165, 1.54) is 4.90 Å². The van der Waals surface area contributed by atoms with Gasteiger partial charge in [-0.05, 0) is 37.5 Å². The highest BCUT2D eigenvalue weighted by molar-refractivity contribution is 5.79. The number of nitrogens with zero attached hydrogens (tertiary/aromatic N) is 1. The Hall–Kier alpha value is -0.820. The third-order valence-electron chi connectivity index (χ3n) is 5.85. The van der Waals surface area contributed by atoms with E-state index in [0.29, 0.717) is 24.7 Å². The number of halogens is 3. The van der Waals surface area contributed by atoms with Gasteiger partial charge in [0.25, 0.3) is 0 Å². The van der Waals surface area contributed by atoms with E-state index < -0.39 is 24.7 Å². The van der Waals surface area contributed by atoms with Crippen LogP contribution < -0.4 is 5.73 Å². The van der Waals surface area contributed by atoms with E-state index in [1.54, 1.807) is 0 Å². The van der Waals surface area contributed by atoms with E-state index in [4.69, 9.17) is 5.73 Å². The number of hydrogen-bond acceptors (Lipinski definition) is 3. The summed E-state index contributed by atoms with van der Waals surface area (Å²) in [5.41, 5.74) is 3.44. The van der Waals surface area contributed by atoms with Gasteiger partial charge in [-0.25, -0.2) is 0 Å². The zero-order valence-corrected chi connectivity index (χ0v) is 12.5. The van der Waals surface area contributed by atoms with Gasteiger partial charge in [-0.1, -0.05) is 6.42 Å². The van der Waals surface area contributed by atoms with E-state index in [0.717, 1.165) is 19.3 Å². The summed E-state index contributed by atoms with van der Waals surface area (Å²) in [7, 11) is 0. The van der Waals surface area contributed by atoms with Gasteiger partial charge in [-0.3, -0.25) is 4.79 Å². The van der Waals surface area contributed by atoms with Crippen molar-refractivity contribution in [1.82, 2.24) is 4.90 Å². The minimum atomic E-state index is -4.69. The molecular weight excluding hydrogens is 297 g/mol. The number of carbonyl (C=O) groups is 1. The Bertz CT molecular complexity index is 443. The number of hydrogen-bond donors (Lipinski definition) is 2. The van der Waals surface area contributed by atoms with Crippen molar-refractivity contribution in [1.29, 1.82) is 0 Å². The van der Waals surface area contributed by atoms with Crippen molar-refractivity contribution in [2.24, 2.45) is 23.5 Å². The summed E-state index contributed by atoms with van der Waals surface area (Å²) >= 11 is 0. The normalized spacial score (nSPS) is 42.5. The molecule has 1 aliphatic heterocycles. The third-order valence-corrected chi connectivity index (χ3v) is 5.85. The van der Waals surface area contributed by atoms with Crippen molar-refractivity contribution in [2.75, 3.05) is 13.1 Å². The number of aliphatic hydroxyl groups is 1. The summed E-state index contributed by atoms with van der Waals surface area (Å²) in [5, 5.41) is 9.71. The standard InChI is InChI=1S/C15H23F3N2O2/c16-15(17,18)14(22)4-5-20(8-14)13(21)11-6-9-2-1-3-10(7-11)12(9)19/h9-12,22H,1-8,19H2. The average Bonchev–Trinajstić information content (AvgIpc) is 2.81. The Morgan fingerprint density at radius 3 is 2.32 bits per heavy atom. The number of β-amino-alcohol motifs (C(OH)–C–C–N with tert-alkyl or cyclic N) is 1. The monoisotopic (exact) mass is 320 g/mol. The SMILES string of the molecule is NC1C2CCCC1CC(C(=O)N1CCC(O)(C(F)(F)F)C1)C2. The van der Waals surface area contributed by atoms with Crippen LogP contribution >= 0.6 is 0 Å². The molecule has 4 nitrogen and oxygen atoms in total. The molecule has 1 saturated heterocycles. The molecule has 0 spiro atoms. The number of likely N-dealkylation sites (tertiary alicyclic amines) is 1. The lowest BCUT2D eigenvalue weighted by molar-refractivity contribution is -0.253. The molecule has 2 bridgehead atoms. The fourth-order valence-electron chi connectivity index (χ4n) is 4.46. The Morgan fingerprint density at radius 2 is 1.82 bits per heavy atom. The number of carbonyl (C=O) groups excluding carboxylic acids is 1. The Labute approximate surface area is 127 Å². The lowest BCUT2D eigenvalue weighted by Gasteiger charge is -2.44. The highest BCUT2D eigenvalue weighted by atomic mass is 19.4. The van der Waals surface area contributed by atoms with Gasteiger partial charge in [0.05, 0.1) is 6.54 Å². The van der Waals surface area contributed by atoms with Crippen molar-refractivity contribution in [2.45, 2.75) is 56.3 Å². The van der Waals surface area contributed by atoms with Gasteiger partial charge < -0.3 is 15.7 Å². The molecule has 0 aromatic heterocycles. The van der Waals surface area contributed by atoms with Crippen LogP contribution in [0.2, 0.25) is 0 Å². The predicted molar refractivity (Wildman–Crippen MR) is 73.7 cm³/mol. The maximum absolute atomic E-state index is 12.9. The van der Waals surface area contributed by atoms with Crippen LogP contribution in [0.5, 0.6) is 0 Å². The van der Waals surface area contributed by atoms with Crippen LogP contribution in [-0.4, -0.2) is 46.8 Å². The Morgan fingerprint density at radius 1 is 1.23 bits per heavy atom. The van der Waals surface area contributed by atoms with Crippen LogP contribution in [0.15, 0.2) is 0 Å². The van der Waals surface area contributed by atoms with Crippen LogP contribution in [0.25, 0.3) is 0 Å². The number of rotatable bonds is 1. The molecule has 1 amide bonds. The van der Waals surface area contributed by atoms with Gasteiger partial charge in [-0.15, -0.1) is 0 Å². The van der Waals surface area contributed by atoms with Crippen LogP contribution in [0.1, 0.15) is 38.5 Å². The van der Waals surface area contributed by atoms with Gasteiger partial charge in [0.2, 0.25) is 5.91 Å². The number of amides is 1. The molecule has 3 unspecified atom stereocenters. The fraction of sp³-hybridized carbons (Fsp3) is 0.933. The highest BCUT2D eigenvalue weighted by Gasteiger charge is 2.58. The molecule has 3 fully saturated rings. The van der Waals surface area contributed by atoms with Crippen LogP contribution in [0, 0.1) is 17.8 Å². The first-order valence-corrected chi connectivity index (χ1v) is 8.05. The van der Waals surface area contributed by atoms with Gasteiger partial charge in [0.1, 0.15) is 0 Å². The molecule has 22 heavy (non-hydrogen) atoms. The lowest BCUT2D eigenvalue weighted by Crippen LogP contribution is -2.51. The highest BCUT2D eigenvalue weighted by Crippen LogP contribution is 2.44. The molecule has 3 aliphatic rings. The minimum absolute atomic E-state index is 0.0211. The average molecular weight is 320 g/mol. The topological polar surface area (TPSA) is 66.6 Å². The third kappa shape index (κ3) is 2.62. The maximum Gasteiger partial charge on any atom is 0.419 e. The molecule has 1 heterocycles. The summed E-state index contributed by atoms with van der Waals surface area (Å²) in [6.45, 7) is -0.653. The molecular formula is C15H23F3N2O2. The molecule has 7 heteroatoms. The first-order valence-electron chi connectivity index (χ1n) is 8.05. The molecule has 0 aromatic carbocycles. The second-order valence-electron chi connectivity index (χ2n) is 7.24. The van der Waals surface area contributed by atoms with E-state index in [-0.39, 0.29) is 24.4 Å². The summed E-state index contributed by atoms with van der Waals surface area (Å²) in [6, 6.07) is 0.128. The van der Waals surface area contributed by atoms with Gasteiger partial charge in [0.15, 0.2) is 5.60 Å². The first-order chi connectivity index (χ1) is 10.2. The molecule has 3 rings (SSSR count). The van der Waals surface area contributed by atoms with Gasteiger partial charge in [-0.2, -0.15) is 13.2 Å². The molecule has 2 aliphatic carbocycles. The van der Waals surface area contributed by atoms with E-state index >= 15 is 0 Å². The van der Waals surface area contributed by atoms with Crippen LogP contribution in [0.3, 0.4) is 0 Å². The molecule has 3 N–H and O–H groups in total. The van der Waals surface area contributed by atoms with Crippen molar-refractivity contribution >= 4 is 5.91 Å². The molecule has 126 valence electrons. The largest absolute Gasteiger partial charge is 0.419 e. The molecule has 0 aromatic rings. The fourth-order valence-corrected chi connectivity index (χ4v) is 4.46. The predicted octanol–water partition coefficient (Wildman–Crippen LogP) is 1.67. The van der Waals surface area contributed by atoms with E-state index in [1.807, 2.05) is 0 Å². The van der Waals surface area contributed by atoms with Crippen molar-refractivity contribution in [3.63, 3.8) is 0 Å². The van der Waals surface area contributed by atoms with Gasteiger partial charge >= 0.3 is 6.18 Å². The Balaban J connectivity index is 1.66. The molecule has 3 atom stereocenters. The quantitative estimate of drug-likeness (QED) is 0.772. The van der Waals surface area contributed by atoms with Crippen LogP contribution in [0.4, 0.5) is 13.2 Å². The Kier molecular flexibility index (Phi) is 3.92. The number of nitrogens with two attached hydrogens (primary N) is 1. The first kappa shape index (κ1) is 16.1. The van der Waals surface area contributed by atoms with Crippen molar-refractivity contribution in [3.05, 3.63) is 0 Å². The van der Waals surface area contributed by atoms with Crippen molar-refractivity contribution in [3.8, 4) is 0 Å². The van der Waals surface area contributed by atoms with E-state index in [2.05, 4.69) is 0 Å². The molecule has 2 saturated carbocycles. The summed E-state index contributed by atoms with van der Waals surface area (Å²) in [6.07, 6.45) is -0.618. The summed E-state index contributed by atoms with van der Waals surface area (Å²) < 4.78 is 38.6.